The monoisotopic (exact) mass is 456 g/mol. The molecule has 2 aromatic rings. The number of aliphatic imine (C=N–C) groups is 1. The molecular formula is C22H24N4O5S. The van der Waals surface area contributed by atoms with E-state index in [1.807, 2.05) is 30.3 Å². The van der Waals surface area contributed by atoms with Crippen molar-refractivity contribution in [2.75, 3.05) is 26.1 Å². The van der Waals surface area contributed by atoms with Gasteiger partial charge in [-0.25, -0.2) is 4.99 Å². The summed E-state index contributed by atoms with van der Waals surface area (Å²) < 4.78 is 10.1. The summed E-state index contributed by atoms with van der Waals surface area (Å²) in [6.45, 7) is 0.184. The van der Waals surface area contributed by atoms with Crippen molar-refractivity contribution >= 4 is 46.0 Å². The normalized spacial score (nSPS) is 16.8. The molecule has 10 heteroatoms. The quantitative estimate of drug-likeness (QED) is 0.498. The van der Waals surface area contributed by atoms with Gasteiger partial charge >= 0.3 is 0 Å². The molecule has 0 unspecified atom stereocenters. The number of anilines is 1. The van der Waals surface area contributed by atoms with E-state index in [0.29, 0.717) is 16.4 Å². The first-order valence-electron chi connectivity index (χ1n) is 9.83. The zero-order chi connectivity index (χ0) is 22.9. The van der Waals surface area contributed by atoms with E-state index >= 15 is 0 Å². The lowest BCUT2D eigenvalue weighted by Crippen LogP contribution is -2.34. The Morgan fingerprint density at radius 3 is 2.59 bits per heavy atom. The summed E-state index contributed by atoms with van der Waals surface area (Å²) >= 11 is 1.21. The predicted molar refractivity (Wildman–Crippen MR) is 123 cm³/mol. The number of hydrogen-bond donors (Lipinski definition) is 3. The van der Waals surface area contributed by atoms with Crippen LogP contribution in [0.2, 0.25) is 0 Å². The van der Waals surface area contributed by atoms with Crippen LogP contribution in [0.4, 0.5) is 11.4 Å². The minimum atomic E-state index is -0.580. The molecule has 1 fully saturated rings. The fourth-order valence-corrected chi connectivity index (χ4v) is 3.86. The van der Waals surface area contributed by atoms with Gasteiger partial charge in [-0.05, 0) is 30.3 Å². The lowest BCUT2D eigenvalue weighted by Gasteiger charge is -2.14. The van der Waals surface area contributed by atoms with Crippen LogP contribution >= 0.6 is 11.8 Å². The summed E-state index contributed by atoms with van der Waals surface area (Å²) in [7, 11) is 2.96. The summed E-state index contributed by atoms with van der Waals surface area (Å²) in [6, 6.07) is 15.8. The van der Waals surface area contributed by atoms with Gasteiger partial charge in [-0.3, -0.25) is 14.4 Å². The summed E-state index contributed by atoms with van der Waals surface area (Å²) in [5.41, 5.74) is 1.55. The van der Waals surface area contributed by atoms with E-state index in [0.717, 1.165) is 5.69 Å². The Morgan fingerprint density at radius 2 is 1.88 bits per heavy atom. The van der Waals surface area contributed by atoms with Crippen molar-refractivity contribution in [2.45, 2.75) is 18.0 Å². The van der Waals surface area contributed by atoms with E-state index in [1.54, 1.807) is 24.3 Å². The number of ether oxygens (including phenoxy) is 2. The van der Waals surface area contributed by atoms with E-state index in [1.165, 1.54) is 26.0 Å². The molecule has 3 N–H and O–H groups in total. The Morgan fingerprint density at radius 1 is 1.12 bits per heavy atom. The summed E-state index contributed by atoms with van der Waals surface area (Å²) in [5, 5.41) is 8.02. The molecule has 2 aromatic carbocycles. The second kappa shape index (κ2) is 11.4. The van der Waals surface area contributed by atoms with Crippen molar-refractivity contribution < 1.29 is 23.9 Å². The van der Waals surface area contributed by atoms with E-state index in [2.05, 4.69) is 20.9 Å². The van der Waals surface area contributed by atoms with Crippen LogP contribution in [0.3, 0.4) is 0 Å². The Bertz CT molecular complexity index is 995. The maximum absolute atomic E-state index is 12.5. The van der Waals surface area contributed by atoms with Gasteiger partial charge in [0.05, 0.1) is 12.2 Å². The van der Waals surface area contributed by atoms with Gasteiger partial charge in [-0.2, -0.15) is 0 Å². The van der Waals surface area contributed by atoms with Crippen LogP contribution in [0.5, 0.6) is 0 Å². The highest BCUT2D eigenvalue weighted by Crippen LogP contribution is 2.25. The second-order valence-corrected chi connectivity index (χ2v) is 7.98. The average molecular weight is 457 g/mol. The maximum atomic E-state index is 12.5. The van der Waals surface area contributed by atoms with Gasteiger partial charge in [-0.1, -0.05) is 36.0 Å². The van der Waals surface area contributed by atoms with Crippen molar-refractivity contribution in [3.8, 4) is 0 Å². The van der Waals surface area contributed by atoms with Crippen LogP contribution in [-0.2, 0) is 19.1 Å². The van der Waals surface area contributed by atoms with Gasteiger partial charge in [-0.15, -0.1) is 0 Å². The van der Waals surface area contributed by atoms with Crippen molar-refractivity contribution in [1.82, 2.24) is 10.6 Å². The lowest BCUT2D eigenvalue weighted by molar-refractivity contribution is -0.122. The third kappa shape index (κ3) is 6.64. The lowest BCUT2D eigenvalue weighted by atomic mass is 10.1. The van der Waals surface area contributed by atoms with Crippen LogP contribution in [0.25, 0.3) is 0 Å². The number of nitrogens with zero attached hydrogens (tertiary/aromatic N) is 1. The van der Waals surface area contributed by atoms with Crippen molar-refractivity contribution in [3.05, 3.63) is 60.2 Å². The molecule has 1 aliphatic heterocycles. The van der Waals surface area contributed by atoms with E-state index in [-0.39, 0.29) is 30.7 Å². The first kappa shape index (κ1) is 23.5. The number of amidine groups is 1. The van der Waals surface area contributed by atoms with Crippen molar-refractivity contribution in [1.29, 1.82) is 0 Å². The standard InChI is InChI=1S/C22H24N4O5S/c1-30-19(31-2)13-23-20(28)14-7-6-10-16(11-14)24-18(27)12-17-21(29)26-22(32-17)25-15-8-4-3-5-9-15/h3-11,17,19H,12-13H2,1-2H3,(H,23,28)(H,24,27)(H,25,26,29)/t17-/m1/s1. The Hall–Kier alpha value is -3.21. The number of thioether (sulfide) groups is 1. The second-order valence-electron chi connectivity index (χ2n) is 6.79. The number of methoxy groups -OCH3 is 2. The fraction of sp³-hybridized carbons (Fsp3) is 0.273. The molecular weight excluding hydrogens is 432 g/mol. The Balaban J connectivity index is 1.55. The van der Waals surface area contributed by atoms with Crippen LogP contribution < -0.4 is 16.0 Å². The fourth-order valence-electron chi connectivity index (χ4n) is 2.87. The molecule has 0 aliphatic carbocycles. The van der Waals surface area contributed by atoms with E-state index in [9.17, 15) is 14.4 Å². The molecule has 3 amide bonds. The third-order valence-corrected chi connectivity index (χ3v) is 5.58. The Labute approximate surface area is 190 Å². The molecule has 1 aliphatic rings. The van der Waals surface area contributed by atoms with Crippen LogP contribution in [0.1, 0.15) is 16.8 Å². The molecule has 0 spiro atoms. The number of rotatable bonds is 9. The topological polar surface area (TPSA) is 118 Å². The van der Waals surface area contributed by atoms with Crippen LogP contribution in [-0.4, -0.2) is 55.2 Å². The number of nitrogens with one attached hydrogen (secondary N) is 3. The highest BCUT2D eigenvalue weighted by atomic mass is 32.2. The molecule has 0 aromatic heterocycles. The first-order valence-corrected chi connectivity index (χ1v) is 10.7. The van der Waals surface area contributed by atoms with Gasteiger partial charge in [0.2, 0.25) is 11.8 Å². The molecule has 0 radical (unpaired) electrons. The number of hydrogen-bond acceptors (Lipinski definition) is 7. The molecule has 3 rings (SSSR count). The SMILES string of the molecule is COC(CNC(=O)c1cccc(NC(=O)C[C@H]2SC(=Nc3ccccc3)NC2=O)c1)OC. The molecule has 1 heterocycles. The van der Waals surface area contributed by atoms with Crippen LogP contribution in [0.15, 0.2) is 59.6 Å². The largest absolute Gasteiger partial charge is 0.354 e. The highest BCUT2D eigenvalue weighted by Gasteiger charge is 2.32. The van der Waals surface area contributed by atoms with E-state index in [4.69, 9.17) is 9.47 Å². The van der Waals surface area contributed by atoms with Crippen molar-refractivity contribution in [2.24, 2.45) is 4.99 Å². The molecule has 0 saturated carbocycles. The van der Waals surface area contributed by atoms with Gasteiger partial charge in [0, 0.05) is 31.9 Å². The number of carbonyl (C=O) groups excluding carboxylic acids is 3. The first-order chi connectivity index (χ1) is 15.5. The molecule has 0 bridgehead atoms. The zero-order valence-corrected chi connectivity index (χ0v) is 18.5. The molecule has 1 atom stereocenters. The zero-order valence-electron chi connectivity index (χ0n) is 17.7. The summed E-state index contributed by atoms with van der Waals surface area (Å²) in [5.74, 6) is -0.929. The van der Waals surface area contributed by atoms with Gasteiger partial charge in [0.25, 0.3) is 5.91 Å². The smallest absolute Gasteiger partial charge is 0.251 e. The third-order valence-electron chi connectivity index (χ3n) is 4.50. The van der Waals surface area contributed by atoms with Crippen molar-refractivity contribution in [3.63, 3.8) is 0 Å². The molecule has 9 nitrogen and oxygen atoms in total. The number of carbonyl (C=O) groups is 3. The van der Waals surface area contributed by atoms with E-state index < -0.39 is 11.5 Å². The minimum absolute atomic E-state index is 0.0237. The molecule has 1 saturated heterocycles. The summed E-state index contributed by atoms with van der Waals surface area (Å²) in [4.78, 5) is 41.4. The predicted octanol–water partition coefficient (Wildman–Crippen LogP) is 2.28. The van der Waals surface area contributed by atoms with Gasteiger partial charge < -0.3 is 25.4 Å². The minimum Gasteiger partial charge on any atom is -0.354 e. The number of benzene rings is 2. The van der Waals surface area contributed by atoms with Gasteiger partial charge in [0.1, 0.15) is 5.25 Å². The van der Waals surface area contributed by atoms with Gasteiger partial charge in [0.15, 0.2) is 11.5 Å². The number of para-hydroxylation sites is 1. The van der Waals surface area contributed by atoms with Crippen LogP contribution in [0, 0.1) is 0 Å². The summed E-state index contributed by atoms with van der Waals surface area (Å²) in [6.07, 6.45) is -0.573. The number of amides is 3. The maximum Gasteiger partial charge on any atom is 0.251 e. The molecule has 168 valence electrons. The highest BCUT2D eigenvalue weighted by molar-refractivity contribution is 8.15. The average Bonchev–Trinajstić information content (AvgIpc) is 3.13. The Kier molecular flexibility index (Phi) is 8.37. The molecule has 32 heavy (non-hydrogen) atoms.